The molecule has 4 heterocycles. The Balaban J connectivity index is 1.57. The van der Waals surface area contributed by atoms with Gasteiger partial charge in [0, 0.05) is 18.9 Å². The van der Waals surface area contributed by atoms with Gasteiger partial charge >= 0.3 is 0 Å². The Bertz CT molecular complexity index is 1160. The van der Waals surface area contributed by atoms with Crippen LogP contribution in [0.3, 0.4) is 0 Å². The molecule has 4 aromatic rings. The zero-order valence-corrected chi connectivity index (χ0v) is 18.0. The van der Waals surface area contributed by atoms with E-state index in [1.165, 1.54) is 16.7 Å². The number of piperidine rings is 1. The minimum atomic E-state index is 0.233. The maximum atomic E-state index is 5.91. The van der Waals surface area contributed by atoms with Crippen LogP contribution in [0, 0.1) is 13.8 Å². The molecule has 0 bridgehead atoms. The summed E-state index contributed by atoms with van der Waals surface area (Å²) in [5.41, 5.74) is 12.6. The molecule has 1 saturated heterocycles. The summed E-state index contributed by atoms with van der Waals surface area (Å²) in [7, 11) is 0. The van der Waals surface area contributed by atoms with Gasteiger partial charge in [-0.1, -0.05) is 23.4 Å². The number of nitrogen functional groups attached to an aromatic ring is 1. The molecule has 1 fully saturated rings. The highest BCUT2D eigenvalue weighted by atomic mass is 16.5. The zero-order valence-electron chi connectivity index (χ0n) is 18.0. The molecule has 1 aromatic carbocycles. The predicted molar refractivity (Wildman–Crippen MR) is 121 cm³/mol. The lowest BCUT2D eigenvalue weighted by Gasteiger charge is -2.42. The van der Waals surface area contributed by atoms with Crippen molar-refractivity contribution in [3.8, 4) is 0 Å². The van der Waals surface area contributed by atoms with E-state index >= 15 is 0 Å². The standard InChI is InChI=1S/C25H27N5O/c1-16-6-4-12-27-23(16)20-8-3-9-21(24-17(2)7-5-13-28-24)30(20)15-18-10-11-19-22(14-18)31-29-25(19)26/h4-7,10-14,20-21H,3,8-9,15H2,1-2H3,(H2,26,29)/t20-,21+. The lowest BCUT2D eigenvalue weighted by Crippen LogP contribution is -2.37. The van der Waals surface area contributed by atoms with Gasteiger partial charge in [-0.25, -0.2) is 0 Å². The number of hydrogen-bond acceptors (Lipinski definition) is 6. The van der Waals surface area contributed by atoms with Crippen molar-refractivity contribution in [2.45, 2.75) is 51.7 Å². The molecule has 0 radical (unpaired) electrons. The molecule has 158 valence electrons. The summed E-state index contributed by atoms with van der Waals surface area (Å²) >= 11 is 0. The third-order valence-electron chi connectivity index (χ3n) is 6.42. The Morgan fingerprint density at radius 2 is 1.61 bits per heavy atom. The Labute approximate surface area is 182 Å². The van der Waals surface area contributed by atoms with E-state index < -0.39 is 0 Å². The molecular formula is C25H27N5O. The van der Waals surface area contributed by atoms with Gasteiger partial charge in [0.25, 0.3) is 0 Å². The van der Waals surface area contributed by atoms with E-state index in [0.717, 1.165) is 48.2 Å². The highest BCUT2D eigenvalue weighted by Crippen LogP contribution is 2.43. The molecule has 6 nitrogen and oxygen atoms in total. The molecule has 0 spiro atoms. The average Bonchev–Trinajstić information content (AvgIpc) is 3.15. The summed E-state index contributed by atoms with van der Waals surface area (Å²) in [6.07, 6.45) is 7.12. The van der Waals surface area contributed by atoms with Gasteiger partial charge in [-0.3, -0.25) is 14.9 Å². The summed E-state index contributed by atoms with van der Waals surface area (Å²) in [5.74, 6) is 0.434. The first-order valence-electron chi connectivity index (χ1n) is 10.8. The minimum absolute atomic E-state index is 0.233. The quantitative estimate of drug-likeness (QED) is 0.490. The Morgan fingerprint density at radius 1 is 0.968 bits per heavy atom. The van der Waals surface area contributed by atoms with Crippen molar-refractivity contribution < 1.29 is 4.52 Å². The zero-order chi connectivity index (χ0) is 21.4. The van der Waals surface area contributed by atoms with Crippen LogP contribution in [-0.4, -0.2) is 20.0 Å². The van der Waals surface area contributed by atoms with E-state index in [-0.39, 0.29) is 12.1 Å². The first-order valence-corrected chi connectivity index (χ1v) is 10.8. The van der Waals surface area contributed by atoms with Crippen molar-refractivity contribution >= 4 is 16.8 Å². The number of rotatable bonds is 4. The first-order chi connectivity index (χ1) is 15.1. The van der Waals surface area contributed by atoms with Crippen molar-refractivity contribution in [3.05, 3.63) is 82.9 Å². The average molecular weight is 414 g/mol. The molecule has 1 aliphatic heterocycles. The largest absolute Gasteiger partial charge is 0.380 e. The van der Waals surface area contributed by atoms with Crippen molar-refractivity contribution in [2.24, 2.45) is 0 Å². The van der Waals surface area contributed by atoms with E-state index in [4.69, 9.17) is 20.2 Å². The fraction of sp³-hybridized carbons (Fsp3) is 0.320. The van der Waals surface area contributed by atoms with Gasteiger partial charge in [0.2, 0.25) is 0 Å². The van der Waals surface area contributed by atoms with Crippen LogP contribution in [0.2, 0.25) is 0 Å². The molecule has 0 saturated carbocycles. The first kappa shape index (κ1) is 19.7. The fourth-order valence-electron chi connectivity index (χ4n) is 4.87. The van der Waals surface area contributed by atoms with Crippen LogP contribution in [0.25, 0.3) is 11.0 Å². The van der Waals surface area contributed by atoms with E-state index in [1.54, 1.807) is 0 Å². The van der Waals surface area contributed by atoms with Gasteiger partial charge in [-0.15, -0.1) is 0 Å². The van der Waals surface area contributed by atoms with Gasteiger partial charge in [-0.05, 0) is 74.1 Å². The van der Waals surface area contributed by atoms with E-state index in [1.807, 2.05) is 30.6 Å². The second-order valence-corrected chi connectivity index (χ2v) is 8.44. The molecule has 0 aliphatic carbocycles. The topological polar surface area (TPSA) is 81.1 Å². The van der Waals surface area contributed by atoms with Crippen LogP contribution in [-0.2, 0) is 6.54 Å². The van der Waals surface area contributed by atoms with Crippen LogP contribution in [0.1, 0.15) is 59.4 Å². The molecule has 5 rings (SSSR count). The summed E-state index contributed by atoms with van der Waals surface area (Å²) in [5, 5.41) is 4.76. The van der Waals surface area contributed by atoms with Gasteiger partial charge in [-0.2, -0.15) is 0 Å². The van der Waals surface area contributed by atoms with Crippen LogP contribution >= 0.6 is 0 Å². The van der Waals surface area contributed by atoms with E-state index in [0.29, 0.717) is 5.82 Å². The van der Waals surface area contributed by atoms with Gasteiger partial charge in [0.1, 0.15) is 0 Å². The highest BCUT2D eigenvalue weighted by molar-refractivity contribution is 5.87. The number of pyridine rings is 2. The Hall–Kier alpha value is -3.25. The van der Waals surface area contributed by atoms with Crippen molar-refractivity contribution in [1.82, 2.24) is 20.0 Å². The summed E-state index contributed by atoms with van der Waals surface area (Å²) < 4.78 is 5.42. The van der Waals surface area contributed by atoms with Crippen LogP contribution in [0.4, 0.5) is 5.82 Å². The molecule has 6 heteroatoms. The lowest BCUT2D eigenvalue weighted by atomic mass is 9.88. The van der Waals surface area contributed by atoms with Gasteiger partial charge < -0.3 is 10.3 Å². The molecule has 0 unspecified atom stereocenters. The number of aryl methyl sites for hydroxylation is 2. The van der Waals surface area contributed by atoms with Gasteiger partial charge in [0.05, 0.1) is 28.9 Å². The van der Waals surface area contributed by atoms with Gasteiger partial charge in [0.15, 0.2) is 11.4 Å². The summed E-state index contributed by atoms with van der Waals surface area (Å²) in [6.45, 7) is 5.08. The number of nitrogens with zero attached hydrogens (tertiary/aromatic N) is 4. The molecule has 31 heavy (non-hydrogen) atoms. The molecular weight excluding hydrogens is 386 g/mol. The van der Waals surface area contributed by atoms with Crippen LogP contribution in [0.15, 0.2) is 59.4 Å². The predicted octanol–water partition coefficient (Wildman–Crippen LogP) is 5.29. The number of anilines is 1. The molecule has 0 amide bonds. The second kappa shape index (κ2) is 8.12. The summed E-state index contributed by atoms with van der Waals surface area (Å²) in [4.78, 5) is 12.1. The number of hydrogen-bond donors (Lipinski definition) is 1. The highest BCUT2D eigenvalue weighted by Gasteiger charge is 2.35. The molecule has 1 aliphatic rings. The number of fused-ring (bicyclic) bond motifs is 1. The second-order valence-electron chi connectivity index (χ2n) is 8.44. The van der Waals surface area contributed by atoms with Crippen molar-refractivity contribution in [2.75, 3.05) is 5.73 Å². The third-order valence-corrected chi connectivity index (χ3v) is 6.42. The van der Waals surface area contributed by atoms with E-state index in [9.17, 15) is 0 Å². The maximum Gasteiger partial charge on any atom is 0.174 e. The van der Waals surface area contributed by atoms with Crippen LogP contribution < -0.4 is 5.73 Å². The number of likely N-dealkylation sites (tertiary alicyclic amines) is 1. The Kier molecular flexibility index (Phi) is 5.16. The molecule has 2 N–H and O–H groups in total. The number of nitrogens with two attached hydrogens (primary N) is 1. The lowest BCUT2D eigenvalue weighted by molar-refractivity contribution is 0.0679. The molecule has 2 atom stereocenters. The Morgan fingerprint density at radius 3 is 2.23 bits per heavy atom. The van der Waals surface area contributed by atoms with E-state index in [2.05, 4.69) is 48.2 Å². The molecule has 3 aromatic heterocycles. The maximum absolute atomic E-state index is 5.91. The normalized spacial score (nSPS) is 19.7. The minimum Gasteiger partial charge on any atom is -0.380 e. The fourth-order valence-corrected chi connectivity index (χ4v) is 4.87. The van der Waals surface area contributed by atoms with Crippen molar-refractivity contribution in [3.63, 3.8) is 0 Å². The van der Waals surface area contributed by atoms with Crippen molar-refractivity contribution in [1.29, 1.82) is 0 Å². The number of benzene rings is 1. The third kappa shape index (κ3) is 3.68. The smallest absolute Gasteiger partial charge is 0.174 e. The summed E-state index contributed by atoms with van der Waals surface area (Å²) in [6, 6.07) is 15.0. The number of aromatic nitrogens is 3. The van der Waals surface area contributed by atoms with Crippen LogP contribution in [0.5, 0.6) is 0 Å². The monoisotopic (exact) mass is 413 g/mol. The SMILES string of the molecule is Cc1cccnc1[C@H]1CCC[C@@H](c2ncccc2C)N1Cc1ccc2c(N)noc2c1.